The van der Waals surface area contributed by atoms with Crippen LogP contribution in [0.4, 0.5) is 0 Å². The normalized spacial score (nSPS) is 18.7. The van der Waals surface area contributed by atoms with Gasteiger partial charge in [-0.1, -0.05) is 12.1 Å². The summed E-state index contributed by atoms with van der Waals surface area (Å²) in [6, 6.07) is 14.2. The van der Waals surface area contributed by atoms with E-state index in [-0.39, 0.29) is 5.92 Å². The minimum absolute atomic E-state index is 0.256. The topological polar surface area (TPSA) is 53.2 Å². The SMILES string of the molecule is CN1Cc2cc(S(C)(=O)=O)ccc2C(c2ccc3[nH]ccc3c2)C1. The number of H-pyrrole nitrogens is 1. The second kappa shape index (κ2) is 5.46. The third kappa shape index (κ3) is 2.64. The number of rotatable bonds is 2. The highest BCUT2D eigenvalue weighted by molar-refractivity contribution is 7.90. The summed E-state index contributed by atoms with van der Waals surface area (Å²) in [6.07, 6.45) is 3.21. The zero-order valence-corrected chi connectivity index (χ0v) is 14.6. The fourth-order valence-corrected chi connectivity index (χ4v) is 4.30. The largest absolute Gasteiger partial charge is 0.361 e. The molecule has 0 radical (unpaired) electrons. The summed E-state index contributed by atoms with van der Waals surface area (Å²) in [5.74, 6) is 0.256. The Morgan fingerprint density at radius 1 is 1.12 bits per heavy atom. The second-order valence-corrected chi connectivity index (χ2v) is 8.72. The molecule has 4 rings (SSSR count). The predicted octanol–water partition coefficient (Wildman–Crippen LogP) is 3.15. The van der Waals surface area contributed by atoms with Gasteiger partial charge in [0.25, 0.3) is 0 Å². The molecule has 2 heterocycles. The van der Waals surface area contributed by atoms with Crippen LogP contribution in [0.3, 0.4) is 0 Å². The Hall–Kier alpha value is -2.11. The first-order chi connectivity index (χ1) is 11.4. The number of likely N-dealkylation sites (N-methyl/N-ethyl adjacent to an activating group) is 1. The van der Waals surface area contributed by atoms with Crippen LogP contribution in [-0.4, -0.2) is 38.1 Å². The Labute approximate surface area is 142 Å². The Kier molecular flexibility index (Phi) is 3.51. The first-order valence-corrected chi connectivity index (χ1v) is 9.89. The smallest absolute Gasteiger partial charge is 0.175 e. The molecular weight excluding hydrogens is 320 g/mol. The van der Waals surface area contributed by atoms with E-state index in [1.54, 1.807) is 6.07 Å². The molecule has 0 saturated heterocycles. The van der Waals surface area contributed by atoms with Gasteiger partial charge in [0.05, 0.1) is 4.90 Å². The Balaban J connectivity index is 1.83. The molecule has 0 amide bonds. The molecule has 0 fully saturated rings. The average molecular weight is 340 g/mol. The number of sulfone groups is 1. The minimum Gasteiger partial charge on any atom is -0.361 e. The maximum Gasteiger partial charge on any atom is 0.175 e. The highest BCUT2D eigenvalue weighted by Gasteiger charge is 2.26. The van der Waals surface area contributed by atoms with Crippen molar-refractivity contribution in [2.45, 2.75) is 17.4 Å². The lowest BCUT2D eigenvalue weighted by Gasteiger charge is -2.33. The molecule has 1 aliphatic rings. The maximum absolute atomic E-state index is 11.9. The van der Waals surface area contributed by atoms with Gasteiger partial charge in [-0.15, -0.1) is 0 Å². The lowest BCUT2D eigenvalue weighted by atomic mass is 9.84. The molecule has 1 N–H and O–H groups in total. The van der Waals surface area contributed by atoms with Crippen LogP contribution >= 0.6 is 0 Å². The van der Waals surface area contributed by atoms with Crippen LogP contribution in [0.5, 0.6) is 0 Å². The Morgan fingerprint density at radius 2 is 1.96 bits per heavy atom. The fourth-order valence-electron chi connectivity index (χ4n) is 3.63. The van der Waals surface area contributed by atoms with E-state index in [1.807, 2.05) is 18.3 Å². The first kappa shape index (κ1) is 15.4. The molecule has 0 saturated carbocycles. The minimum atomic E-state index is -3.18. The summed E-state index contributed by atoms with van der Waals surface area (Å²) in [6.45, 7) is 1.71. The third-order valence-electron chi connectivity index (χ3n) is 4.83. The summed E-state index contributed by atoms with van der Waals surface area (Å²) in [7, 11) is -1.10. The quantitative estimate of drug-likeness (QED) is 0.780. The zero-order chi connectivity index (χ0) is 16.9. The molecule has 1 aliphatic heterocycles. The number of nitrogens with zero attached hydrogens (tertiary/aromatic N) is 1. The molecule has 3 aromatic rings. The van der Waals surface area contributed by atoms with Crippen molar-refractivity contribution in [3.8, 4) is 0 Å². The van der Waals surface area contributed by atoms with E-state index in [9.17, 15) is 8.42 Å². The zero-order valence-electron chi connectivity index (χ0n) is 13.8. The third-order valence-corrected chi connectivity index (χ3v) is 5.94. The van der Waals surface area contributed by atoms with Crippen LogP contribution in [0.2, 0.25) is 0 Å². The molecular formula is C19H20N2O2S. The van der Waals surface area contributed by atoms with Crippen LogP contribution in [0.1, 0.15) is 22.6 Å². The van der Waals surface area contributed by atoms with Crippen molar-refractivity contribution in [3.05, 3.63) is 65.4 Å². The van der Waals surface area contributed by atoms with E-state index in [1.165, 1.54) is 22.8 Å². The van der Waals surface area contributed by atoms with Crippen molar-refractivity contribution < 1.29 is 8.42 Å². The van der Waals surface area contributed by atoms with E-state index >= 15 is 0 Å². The van der Waals surface area contributed by atoms with Crippen LogP contribution in [0.15, 0.2) is 53.6 Å². The molecule has 0 bridgehead atoms. The van der Waals surface area contributed by atoms with Crippen molar-refractivity contribution >= 4 is 20.7 Å². The van der Waals surface area contributed by atoms with Gasteiger partial charge in [0.1, 0.15) is 0 Å². The monoisotopic (exact) mass is 340 g/mol. The van der Waals surface area contributed by atoms with Gasteiger partial charge in [0, 0.05) is 37.0 Å². The number of benzene rings is 2. The van der Waals surface area contributed by atoms with E-state index in [0.717, 1.165) is 24.2 Å². The number of hydrogen-bond donors (Lipinski definition) is 1. The van der Waals surface area contributed by atoms with Gasteiger partial charge in [0.15, 0.2) is 9.84 Å². The highest BCUT2D eigenvalue weighted by Crippen LogP contribution is 2.35. The van der Waals surface area contributed by atoms with Crippen molar-refractivity contribution in [2.24, 2.45) is 0 Å². The molecule has 24 heavy (non-hydrogen) atoms. The van der Waals surface area contributed by atoms with E-state index in [4.69, 9.17) is 0 Å². The van der Waals surface area contributed by atoms with Gasteiger partial charge in [-0.2, -0.15) is 0 Å². The molecule has 1 unspecified atom stereocenters. The lowest BCUT2D eigenvalue weighted by Crippen LogP contribution is -2.31. The van der Waals surface area contributed by atoms with Crippen molar-refractivity contribution in [3.63, 3.8) is 0 Å². The molecule has 4 nitrogen and oxygen atoms in total. The Morgan fingerprint density at radius 3 is 2.75 bits per heavy atom. The van der Waals surface area contributed by atoms with E-state index in [0.29, 0.717) is 4.90 Å². The molecule has 0 aliphatic carbocycles. The first-order valence-electron chi connectivity index (χ1n) is 8.00. The van der Waals surface area contributed by atoms with Gasteiger partial charge >= 0.3 is 0 Å². The maximum atomic E-state index is 11.9. The molecule has 1 atom stereocenters. The second-order valence-electron chi connectivity index (χ2n) is 6.71. The molecule has 1 aromatic heterocycles. The van der Waals surface area contributed by atoms with Gasteiger partial charge in [0.2, 0.25) is 0 Å². The molecule has 2 aromatic carbocycles. The van der Waals surface area contributed by atoms with Crippen LogP contribution in [-0.2, 0) is 16.4 Å². The number of fused-ring (bicyclic) bond motifs is 2. The summed E-state index contributed by atoms with van der Waals surface area (Å²) in [5.41, 5.74) is 4.73. The fraction of sp³-hybridized carbons (Fsp3) is 0.263. The predicted molar refractivity (Wildman–Crippen MR) is 96.0 cm³/mol. The highest BCUT2D eigenvalue weighted by atomic mass is 32.2. The van der Waals surface area contributed by atoms with Crippen LogP contribution in [0, 0.1) is 0 Å². The summed E-state index contributed by atoms with van der Waals surface area (Å²) in [4.78, 5) is 5.87. The van der Waals surface area contributed by atoms with Gasteiger partial charge in [-0.05, 0) is 59.5 Å². The van der Waals surface area contributed by atoms with Crippen molar-refractivity contribution in [2.75, 3.05) is 19.8 Å². The Bertz CT molecular complexity index is 1020. The average Bonchev–Trinajstić information content (AvgIpc) is 3.00. The standard InChI is InChI=1S/C19H20N2O2S/c1-21-11-15-10-16(24(2,22)23)4-5-17(15)18(12-21)13-3-6-19-14(9-13)7-8-20-19/h3-10,18,20H,11-12H2,1-2H3. The van der Waals surface area contributed by atoms with Crippen LogP contribution in [0.25, 0.3) is 10.9 Å². The summed E-state index contributed by atoms with van der Waals surface area (Å²) < 4.78 is 23.7. The van der Waals surface area contributed by atoms with Gasteiger partial charge < -0.3 is 9.88 Å². The van der Waals surface area contributed by atoms with Crippen LogP contribution < -0.4 is 0 Å². The number of hydrogen-bond acceptors (Lipinski definition) is 3. The number of nitrogens with one attached hydrogen (secondary N) is 1. The molecule has 0 spiro atoms. The van der Waals surface area contributed by atoms with E-state index in [2.05, 4.69) is 41.2 Å². The lowest BCUT2D eigenvalue weighted by molar-refractivity contribution is 0.295. The number of aromatic amines is 1. The molecule has 124 valence electrons. The number of aromatic nitrogens is 1. The van der Waals surface area contributed by atoms with Crippen molar-refractivity contribution in [1.29, 1.82) is 0 Å². The van der Waals surface area contributed by atoms with Gasteiger partial charge in [-0.25, -0.2) is 8.42 Å². The summed E-state index contributed by atoms with van der Waals surface area (Å²) >= 11 is 0. The molecule has 5 heteroatoms. The summed E-state index contributed by atoms with van der Waals surface area (Å²) in [5, 5.41) is 1.20. The van der Waals surface area contributed by atoms with Crippen molar-refractivity contribution in [1.82, 2.24) is 9.88 Å². The van der Waals surface area contributed by atoms with E-state index < -0.39 is 9.84 Å². The van der Waals surface area contributed by atoms with Gasteiger partial charge in [-0.3, -0.25) is 0 Å².